The lowest BCUT2D eigenvalue weighted by Gasteiger charge is -2.20. The molecule has 190 valence electrons. The monoisotopic (exact) mass is 503 g/mol. The first kappa shape index (κ1) is 24.5. The SMILES string of the molecule is CN1C(=O)[C@H](NC(=O)n2cc(Cc3cccnc3F)cn2)COc2ccc(C#CC3CCOCC3)cc21. The zero-order chi connectivity index (χ0) is 25.8. The molecule has 0 spiro atoms. The molecule has 0 unspecified atom stereocenters. The summed E-state index contributed by atoms with van der Waals surface area (Å²) in [6, 6.07) is 7.21. The van der Waals surface area contributed by atoms with Gasteiger partial charge in [-0.3, -0.25) is 4.79 Å². The summed E-state index contributed by atoms with van der Waals surface area (Å²) < 4.78 is 26.2. The van der Waals surface area contributed by atoms with Crippen molar-refractivity contribution in [2.45, 2.75) is 25.3 Å². The van der Waals surface area contributed by atoms with E-state index < -0.39 is 18.0 Å². The number of nitrogens with one attached hydrogen (secondary N) is 1. The van der Waals surface area contributed by atoms with E-state index in [1.165, 1.54) is 23.5 Å². The minimum atomic E-state index is -0.926. The van der Waals surface area contributed by atoms with Gasteiger partial charge in [0.25, 0.3) is 5.91 Å². The number of ether oxygens (including phenoxy) is 2. The third-order valence-corrected chi connectivity index (χ3v) is 6.37. The molecule has 1 aromatic carbocycles. The number of anilines is 1. The summed E-state index contributed by atoms with van der Waals surface area (Å²) in [5.74, 6) is 6.43. The number of nitrogens with zero attached hydrogens (tertiary/aromatic N) is 4. The van der Waals surface area contributed by atoms with E-state index in [1.807, 2.05) is 12.1 Å². The number of pyridine rings is 1. The van der Waals surface area contributed by atoms with Gasteiger partial charge in [0.1, 0.15) is 18.4 Å². The summed E-state index contributed by atoms with van der Waals surface area (Å²) in [7, 11) is 1.64. The fourth-order valence-corrected chi connectivity index (χ4v) is 4.26. The van der Waals surface area contributed by atoms with Gasteiger partial charge in [-0.1, -0.05) is 17.9 Å². The van der Waals surface area contributed by atoms with Crippen LogP contribution < -0.4 is 15.0 Å². The van der Waals surface area contributed by atoms with Crippen LogP contribution in [-0.2, 0) is 16.0 Å². The Morgan fingerprint density at radius 3 is 2.92 bits per heavy atom. The van der Waals surface area contributed by atoms with E-state index in [0.717, 1.165) is 36.3 Å². The Kier molecular flexibility index (Phi) is 7.14. The molecule has 0 aliphatic carbocycles. The Morgan fingerprint density at radius 2 is 2.11 bits per heavy atom. The molecule has 0 radical (unpaired) electrons. The number of hydrogen-bond donors (Lipinski definition) is 1. The number of halogens is 1. The van der Waals surface area contributed by atoms with Gasteiger partial charge in [-0.05, 0) is 42.7 Å². The molecule has 2 aromatic heterocycles. The Hall–Kier alpha value is -4.23. The van der Waals surface area contributed by atoms with Crippen LogP contribution in [0.15, 0.2) is 48.9 Å². The Bertz CT molecular complexity index is 1370. The molecular formula is C27H26FN5O4. The maximum absolute atomic E-state index is 13.8. The Balaban J connectivity index is 1.25. The lowest BCUT2D eigenvalue weighted by molar-refractivity contribution is -0.120. The molecule has 2 aliphatic rings. The van der Waals surface area contributed by atoms with Gasteiger partial charge >= 0.3 is 6.03 Å². The second kappa shape index (κ2) is 10.8. The highest BCUT2D eigenvalue weighted by Gasteiger charge is 2.31. The predicted molar refractivity (Wildman–Crippen MR) is 133 cm³/mol. The van der Waals surface area contributed by atoms with Crippen LogP contribution in [0, 0.1) is 23.7 Å². The maximum atomic E-state index is 13.8. The van der Waals surface area contributed by atoms with Gasteiger partial charge in [0.2, 0.25) is 5.95 Å². The first-order valence-corrected chi connectivity index (χ1v) is 12.1. The summed E-state index contributed by atoms with van der Waals surface area (Å²) >= 11 is 0. The fourth-order valence-electron chi connectivity index (χ4n) is 4.26. The second-order valence-electron chi connectivity index (χ2n) is 8.97. The average Bonchev–Trinajstić information content (AvgIpc) is 3.36. The van der Waals surface area contributed by atoms with Crippen LogP contribution in [0.2, 0.25) is 0 Å². The second-order valence-corrected chi connectivity index (χ2v) is 8.97. The third kappa shape index (κ3) is 5.62. The average molecular weight is 504 g/mol. The molecule has 2 aliphatic heterocycles. The van der Waals surface area contributed by atoms with E-state index in [2.05, 4.69) is 27.2 Å². The highest BCUT2D eigenvalue weighted by Crippen LogP contribution is 2.31. The number of amides is 2. The number of carbonyl (C=O) groups is 2. The van der Waals surface area contributed by atoms with E-state index in [9.17, 15) is 14.0 Å². The van der Waals surface area contributed by atoms with Crippen LogP contribution >= 0.6 is 0 Å². The molecule has 2 amide bonds. The third-order valence-electron chi connectivity index (χ3n) is 6.37. The van der Waals surface area contributed by atoms with Crippen LogP contribution in [-0.4, -0.2) is 59.6 Å². The smallest absolute Gasteiger partial charge is 0.342 e. The summed E-state index contributed by atoms with van der Waals surface area (Å²) in [5, 5.41) is 6.74. The van der Waals surface area contributed by atoms with E-state index in [-0.39, 0.29) is 18.9 Å². The van der Waals surface area contributed by atoms with Crippen molar-refractivity contribution in [3.8, 4) is 17.6 Å². The summed E-state index contributed by atoms with van der Waals surface area (Å²) in [5.41, 5.74) is 2.39. The number of hydrogen-bond acceptors (Lipinski definition) is 6. The van der Waals surface area contributed by atoms with Crippen molar-refractivity contribution in [1.29, 1.82) is 0 Å². The largest absolute Gasteiger partial charge is 0.489 e. The van der Waals surface area contributed by atoms with Crippen molar-refractivity contribution in [3.05, 3.63) is 71.6 Å². The quantitative estimate of drug-likeness (QED) is 0.436. The first-order chi connectivity index (χ1) is 18.0. The van der Waals surface area contributed by atoms with Crippen molar-refractivity contribution in [1.82, 2.24) is 20.1 Å². The van der Waals surface area contributed by atoms with Gasteiger partial charge in [0.15, 0.2) is 0 Å². The number of fused-ring (bicyclic) bond motifs is 1. The molecule has 4 heterocycles. The van der Waals surface area contributed by atoms with E-state index >= 15 is 0 Å². The summed E-state index contributed by atoms with van der Waals surface area (Å²) in [6.07, 6.45) is 6.40. The molecular weight excluding hydrogens is 477 g/mol. The molecule has 1 N–H and O–H groups in total. The summed E-state index contributed by atoms with van der Waals surface area (Å²) in [6.45, 7) is 1.42. The van der Waals surface area contributed by atoms with E-state index in [4.69, 9.17) is 9.47 Å². The molecule has 1 atom stereocenters. The predicted octanol–water partition coefficient (Wildman–Crippen LogP) is 2.77. The maximum Gasteiger partial charge on any atom is 0.342 e. The van der Waals surface area contributed by atoms with Crippen LogP contribution in [0.3, 0.4) is 0 Å². The minimum absolute atomic E-state index is 0.0377. The van der Waals surface area contributed by atoms with Gasteiger partial charge in [-0.25, -0.2) is 9.78 Å². The summed E-state index contributed by atoms with van der Waals surface area (Å²) in [4.78, 5) is 31.1. The molecule has 37 heavy (non-hydrogen) atoms. The van der Waals surface area contributed by atoms with Crippen molar-refractivity contribution < 1.29 is 23.5 Å². The Morgan fingerprint density at radius 1 is 1.27 bits per heavy atom. The molecule has 3 aromatic rings. The molecule has 9 nitrogen and oxygen atoms in total. The van der Waals surface area contributed by atoms with Gasteiger partial charge < -0.3 is 19.7 Å². The lowest BCUT2D eigenvalue weighted by Crippen LogP contribution is -2.50. The van der Waals surface area contributed by atoms with Crippen LogP contribution in [0.4, 0.5) is 14.9 Å². The van der Waals surface area contributed by atoms with Crippen LogP contribution in [0.1, 0.15) is 29.5 Å². The number of likely N-dealkylation sites (N-methyl/N-ethyl adjacent to an activating group) is 1. The van der Waals surface area contributed by atoms with Gasteiger partial charge in [-0.2, -0.15) is 14.2 Å². The zero-order valence-corrected chi connectivity index (χ0v) is 20.3. The topological polar surface area (TPSA) is 98.6 Å². The molecule has 0 saturated carbocycles. The standard InChI is InChI=1S/C27H26FN5O4/c1-32-23-14-19(5-4-18-8-11-36-12-9-18)6-7-24(23)37-17-22(26(32)34)31-27(35)33-16-20(15-30-33)13-21-3-2-10-29-25(21)28/h2-3,6-7,10,14-16,18,22H,8-9,11-13,17H2,1H3,(H,31,35)/t22-/m1/s1. The first-order valence-electron chi connectivity index (χ1n) is 12.1. The number of benzene rings is 1. The van der Waals surface area contributed by atoms with Gasteiger partial charge in [0.05, 0.1) is 11.9 Å². The highest BCUT2D eigenvalue weighted by atomic mass is 19.1. The fraction of sp³-hybridized carbons (Fsp3) is 0.333. The number of rotatable bonds is 3. The number of aromatic nitrogens is 3. The van der Waals surface area contributed by atoms with E-state index in [0.29, 0.717) is 28.5 Å². The highest BCUT2D eigenvalue weighted by molar-refractivity contribution is 6.00. The Labute approximate surface area is 213 Å². The van der Waals surface area contributed by atoms with Crippen molar-refractivity contribution in [2.75, 3.05) is 31.8 Å². The van der Waals surface area contributed by atoms with Gasteiger partial charge in [0, 0.05) is 56.1 Å². The zero-order valence-electron chi connectivity index (χ0n) is 20.3. The minimum Gasteiger partial charge on any atom is -0.489 e. The van der Waals surface area contributed by atoms with Crippen molar-refractivity contribution in [3.63, 3.8) is 0 Å². The molecule has 5 rings (SSSR count). The molecule has 0 bridgehead atoms. The van der Waals surface area contributed by atoms with Crippen LogP contribution in [0.25, 0.3) is 0 Å². The van der Waals surface area contributed by atoms with Gasteiger partial charge in [-0.15, -0.1) is 0 Å². The normalized spacial score (nSPS) is 17.7. The van der Waals surface area contributed by atoms with Crippen molar-refractivity contribution >= 4 is 17.6 Å². The number of carbonyl (C=O) groups excluding carboxylic acids is 2. The lowest BCUT2D eigenvalue weighted by atomic mass is 10.0. The van der Waals surface area contributed by atoms with Crippen LogP contribution in [0.5, 0.6) is 5.75 Å². The molecule has 1 fully saturated rings. The molecule has 10 heteroatoms. The molecule has 1 saturated heterocycles. The van der Waals surface area contributed by atoms with Crippen molar-refractivity contribution in [2.24, 2.45) is 5.92 Å². The van der Waals surface area contributed by atoms with E-state index in [1.54, 1.807) is 25.2 Å².